The Hall–Kier alpha value is -3.53. The molecule has 0 unspecified atom stereocenters. The Kier molecular flexibility index (Phi) is 5.79. The summed E-state index contributed by atoms with van der Waals surface area (Å²) in [4.78, 5) is 41.4. The van der Waals surface area contributed by atoms with Crippen LogP contribution in [0.2, 0.25) is 0 Å². The van der Waals surface area contributed by atoms with Crippen LogP contribution in [0, 0.1) is 24.0 Å². The predicted molar refractivity (Wildman–Crippen MR) is 129 cm³/mol. The topological polar surface area (TPSA) is 91.9 Å². The summed E-state index contributed by atoms with van der Waals surface area (Å²) in [6, 6.07) is 7.11. The standard InChI is InChI=1S/C23H25N5O4S/c1-14-11-16(12-18-21(29)24(3)23(33)25(4)22(18)30)15(2)27(14)17-7-8-19(20(13-17)28(31)32)26-9-5-6-10-26/h7-8,11-13H,5-6,9-10H2,1-4H3. The van der Waals surface area contributed by atoms with Crippen LogP contribution in [0.25, 0.3) is 11.8 Å². The minimum Gasteiger partial charge on any atom is -0.366 e. The van der Waals surface area contributed by atoms with E-state index in [1.807, 2.05) is 35.4 Å². The van der Waals surface area contributed by atoms with Crippen molar-refractivity contribution in [2.24, 2.45) is 0 Å². The van der Waals surface area contributed by atoms with Crippen molar-refractivity contribution in [1.29, 1.82) is 0 Å². The third kappa shape index (κ3) is 3.80. The number of amides is 2. The van der Waals surface area contributed by atoms with Gasteiger partial charge in [-0.1, -0.05) is 0 Å². The van der Waals surface area contributed by atoms with Crippen molar-refractivity contribution in [3.8, 4) is 5.69 Å². The van der Waals surface area contributed by atoms with E-state index in [2.05, 4.69) is 0 Å². The van der Waals surface area contributed by atoms with E-state index < -0.39 is 11.8 Å². The number of nitro groups is 1. The van der Waals surface area contributed by atoms with Crippen molar-refractivity contribution in [3.05, 3.63) is 56.9 Å². The normalized spacial score (nSPS) is 16.8. The average molecular weight is 468 g/mol. The van der Waals surface area contributed by atoms with E-state index in [-0.39, 0.29) is 21.3 Å². The van der Waals surface area contributed by atoms with Gasteiger partial charge in [-0.3, -0.25) is 29.5 Å². The first kappa shape index (κ1) is 22.7. The zero-order valence-electron chi connectivity index (χ0n) is 19.0. The molecule has 172 valence electrons. The molecule has 2 saturated heterocycles. The van der Waals surface area contributed by atoms with E-state index in [0.717, 1.165) is 37.3 Å². The maximum atomic E-state index is 12.7. The number of anilines is 1. The molecule has 0 atom stereocenters. The van der Waals surface area contributed by atoms with E-state index in [4.69, 9.17) is 12.2 Å². The van der Waals surface area contributed by atoms with Crippen LogP contribution in [-0.2, 0) is 9.59 Å². The Morgan fingerprint density at radius 2 is 1.64 bits per heavy atom. The number of hydrogen-bond donors (Lipinski definition) is 0. The second-order valence-corrected chi connectivity index (χ2v) is 8.72. The number of benzene rings is 1. The molecule has 2 aromatic rings. The number of carbonyl (C=O) groups is 2. The number of nitro benzene ring substituents is 1. The summed E-state index contributed by atoms with van der Waals surface area (Å²) in [5.74, 6) is -0.919. The molecule has 0 spiro atoms. The van der Waals surface area contributed by atoms with Crippen molar-refractivity contribution in [1.82, 2.24) is 14.4 Å². The third-order valence-corrected chi connectivity index (χ3v) is 6.82. The number of hydrogen-bond acceptors (Lipinski definition) is 6. The van der Waals surface area contributed by atoms with Gasteiger partial charge in [0, 0.05) is 44.6 Å². The third-order valence-electron chi connectivity index (χ3n) is 6.27. The largest absolute Gasteiger partial charge is 0.366 e. The molecule has 1 aromatic heterocycles. The highest BCUT2D eigenvalue weighted by Gasteiger charge is 2.35. The Bertz CT molecular complexity index is 1200. The summed E-state index contributed by atoms with van der Waals surface area (Å²) in [7, 11) is 3.07. The summed E-state index contributed by atoms with van der Waals surface area (Å²) < 4.78 is 1.89. The van der Waals surface area contributed by atoms with Gasteiger partial charge in [-0.15, -0.1) is 0 Å². The number of thiocarbonyl (C=S) groups is 1. The molecule has 1 aromatic carbocycles. The minimum absolute atomic E-state index is 0.0178. The maximum Gasteiger partial charge on any atom is 0.294 e. The van der Waals surface area contributed by atoms with Crippen LogP contribution in [0.5, 0.6) is 0 Å². The summed E-state index contributed by atoms with van der Waals surface area (Å²) in [6.07, 6.45) is 3.61. The fraction of sp³-hybridized carbons (Fsp3) is 0.348. The van der Waals surface area contributed by atoms with Crippen LogP contribution in [0.3, 0.4) is 0 Å². The monoisotopic (exact) mass is 467 g/mol. The highest BCUT2D eigenvalue weighted by Crippen LogP contribution is 2.34. The van der Waals surface area contributed by atoms with Crippen molar-refractivity contribution < 1.29 is 14.5 Å². The molecule has 2 fully saturated rings. The van der Waals surface area contributed by atoms with Gasteiger partial charge in [-0.25, -0.2) is 0 Å². The van der Waals surface area contributed by atoms with Crippen molar-refractivity contribution in [3.63, 3.8) is 0 Å². The summed E-state index contributed by atoms with van der Waals surface area (Å²) in [6.45, 7) is 5.37. The molecule has 2 aliphatic rings. The Labute approximate surface area is 197 Å². The van der Waals surface area contributed by atoms with Gasteiger partial charge >= 0.3 is 0 Å². The smallest absolute Gasteiger partial charge is 0.294 e. The van der Waals surface area contributed by atoms with E-state index in [1.54, 1.807) is 18.2 Å². The highest BCUT2D eigenvalue weighted by atomic mass is 32.1. The van der Waals surface area contributed by atoms with Crippen LogP contribution in [-0.4, -0.2) is 63.4 Å². The van der Waals surface area contributed by atoms with E-state index in [1.165, 1.54) is 23.9 Å². The molecule has 2 amide bonds. The van der Waals surface area contributed by atoms with E-state index in [9.17, 15) is 19.7 Å². The van der Waals surface area contributed by atoms with Gasteiger partial charge in [0.2, 0.25) is 0 Å². The number of nitrogens with zero attached hydrogens (tertiary/aromatic N) is 5. The van der Waals surface area contributed by atoms with E-state index >= 15 is 0 Å². The van der Waals surface area contributed by atoms with Gasteiger partial charge in [0.1, 0.15) is 11.3 Å². The summed E-state index contributed by atoms with van der Waals surface area (Å²) in [5, 5.41) is 12.0. The molecule has 2 aliphatic heterocycles. The van der Waals surface area contributed by atoms with Crippen molar-refractivity contribution >= 4 is 46.6 Å². The molecule has 0 radical (unpaired) electrons. The second kappa shape index (κ2) is 8.43. The quantitative estimate of drug-likeness (QED) is 0.225. The Morgan fingerprint density at radius 1 is 1.03 bits per heavy atom. The molecule has 0 saturated carbocycles. The average Bonchev–Trinajstić information content (AvgIpc) is 3.41. The minimum atomic E-state index is -0.460. The molecule has 33 heavy (non-hydrogen) atoms. The van der Waals surface area contributed by atoms with E-state index in [0.29, 0.717) is 16.9 Å². The molecular formula is C23H25N5O4S. The second-order valence-electron chi connectivity index (χ2n) is 8.36. The Balaban J connectivity index is 1.77. The predicted octanol–water partition coefficient (Wildman–Crippen LogP) is 3.20. The highest BCUT2D eigenvalue weighted by molar-refractivity contribution is 7.80. The molecular weight excluding hydrogens is 442 g/mol. The number of likely N-dealkylation sites (N-methyl/N-ethyl adjacent to an activating group) is 2. The lowest BCUT2D eigenvalue weighted by Crippen LogP contribution is -2.52. The maximum absolute atomic E-state index is 12.7. The first-order valence-electron chi connectivity index (χ1n) is 10.7. The number of aromatic nitrogens is 1. The molecule has 10 heteroatoms. The molecule has 0 N–H and O–H groups in total. The van der Waals surface area contributed by atoms with Gasteiger partial charge in [-0.05, 0) is 68.7 Å². The number of aryl methyl sites for hydroxylation is 1. The Morgan fingerprint density at radius 3 is 2.21 bits per heavy atom. The molecule has 0 bridgehead atoms. The van der Waals surface area contributed by atoms with Crippen LogP contribution in [0.15, 0.2) is 29.8 Å². The van der Waals surface area contributed by atoms with Gasteiger partial charge in [0.05, 0.1) is 10.6 Å². The molecule has 4 rings (SSSR count). The molecule has 9 nitrogen and oxygen atoms in total. The number of carbonyl (C=O) groups excluding carboxylic acids is 2. The van der Waals surface area contributed by atoms with Crippen molar-refractivity contribution in [2.75, 3.05) is 32.1 Å². The van der Waals surface area contributed by atoms with Crippen molar-refractivity contribution in [2.45, 2.75) is 26.7 Å². The zero-order chi connectivity index (χ0) is 24.0. The van der Waals surface area contributed by atoms with Gasteiger partial charge in [0.15, 0.2) is 5.11 Å². The van der Waals surface area contributed by atoms with Crippen LogP contribution in [0.4, 0.5) is 11.4 Å². The summed E-state index contributed by atoms with van der Waals surface area (Å²) >= 11 is 5.14. The summed E-state index contributed by atoms with van der Waals surface area (Å²) in [5.41, 5.74) is 3.65. The first-order chi connectivity index (χ1) is 15.6. The lowest BCUT2D eigenvalue weighted by atomic mass is 10.1. The molecule has 3 heterocycles. The zero-order valence-corrected chi connectivity index (χ0v) is 19.8. The SMILES string of the molecule is Cc1cc(C=C2C(=O)N(C)C(=S)N(C)C2=O)c(C)n1-c1ccc(N2CCCC2)c([N+](=O)[O-])c1. The lowest BCUT2D eigenvalue weighted by molar-refractivity contribution is -0.384. The fourth-order valence-corrected chi connectivity index (χ4v) is 4.65. The first-order valence-corrected chi connectivity index (χ1v) is 11.1. The fourth-order valence-electron chi connectivity index (χ4n) is 4.48. The van der Waals surface area contributed by atoms with Crippen LogP contribution < -0.4 is 4.90 Å². The lowest BCUT2D eigenvalue weighted by Gasteiger charge is -2.31. The van der Waals surface area contributed by atoms with Gasteiger partial charge < -0.3 is 9.47 Å². The van der Waals surface area contributed by atoms with Crippen LogP contribution in [0.1, 0.15) is 29.8 Å². The van der Waals surface area contributed by atoms with Gasteiger partial charge in [0.25, 0.3) is 17.5 Å². The number of rotatable bonds is 4. The van der Waals surface area contributed by atoms with Gasteiger partial charge in [-0.2, -0.15) is 0 Å². The van der Waals surface area contributed by atoms with Crippen LogP contribution >= 0.6 is 12.2 Å². The molecule has 0 aliphatic carbocycles.